The van der Waals surface area contributed by atoms with Crippen molar-refractivity contribution >= 4 is 23.2 Å². The van der Waals surface area contributed by atoms with Gasteiger partial charge < -0.3 is 14.4 Å². The second-order valence-electron chi connectivity index (χ2n) is 5.35. The standard InChI is InChI=1S/C18H16Cl2N2O2/c19-14-3-6-18(16(20)11-14)24-15-4-1-13(2-5-15)17(23)7-9-22-10-8-21-12-22/h1-6,8,10-12,17,23H,7,9H2. The minimum absolute atomic E-state index is 0.451. The molecule has 0 radical (unpaired) electrons. The van der Waals surface area contributed by atoms with Crippen LogP contribution in [-0.2, 0) is 6.54 Å². The highest BCUT2D eigenvalue weighted by molar-refractivity contribution is 6.35. The molecule has 4 nitrogen and oxygen atoms in total. The van der Waals surface area contributed by atoms with E-state index in [4.69, 9.17) is 27.9 Å². The van der Waals surface area contributed by atoms with Crippen LogP contribution in [0.3, 0.4) is 0 Å². The molecule has 0 saturated heterocycles. The lowest BCUT2D eigenvalue weighted by atomic mass is 10.1. The van der Waals surface area contributed by atoms with E-state index in [9.17, 15) is 5.11 Å². The first-order chi connectivity index (χ1) is 11.6. The van der Waals surface area contributed by atoms with Crippen LogP contribution in [0.2, 0.25) is 10.0 Å². The van der Waals surface area contributed by atoms with Crippen molar-refractivity contribution in [1.29, 1.82) is 0 Å². The molecule has 0 spiro atoms. The van der Waals surface area contributed by atoms with Crippen LogP contribution in [0.25, 0.3) is 0 Å². The number of aliphatic hydroxyl groups is 1. The summed E-state index contributed by atoms with van der Waals surface area (Å²) < 4.78 is 7.67. The van der Waals surface area contributed by atoms with Crippen LogP contribution in [-0.4, -0.2) is 14.7 Å². The summed E-state index contributed by atoms with van der Waals surface area (Å²) in [5.74, 6) is 1.18. The Kier molecular flexibility index (Phi) is 5.41. The number of rotatable bonds is 6. The van der Waals surface area contributed by atoms with E-state index in [1.54, 1.807) is 42.9 Å². The summed E-state index contributed by atoms with van der Waals surface area (Å²) >= 11 is 12.0. The zero-order chi connectivity index (χ0) is 16.9. The van der Waals surface area contributed by atoms with Gasteiger partial charge >= 0.3 is 0 Å². The second kappa shape index (κ2) is 7.71. The second-order valence-corrected chi connectivity index (χ2v) is 6.19. The van der Waals surface area contributed by atoms with Crippen molar-refractivity contribution in [3.8, 4) is 11.5 Å². The summed E-state index contributed by atoms with van der Waals surface area (Å²) in [5, 5.41) is 11.3. The minimum atomic E-state index is -0.541. The lowest BCUT2D eigenvalue weighted by Crippen LogP contribution is -2.03. The molecule has 1 heterocycles. The fourth-order valence-corrected chi connectivity index (χ4v) is 2.75. The molecule has 24 heavy (non-hydrogen) atoms. The summed E-state index contributed by atoms with van der Waals surface area (Å²) in [7, 11) is 0. The van der Waals surface area contributed by atoms with Crippen molar-refractivity contribution in [3.05, 3.63) is 76.8 Å². The maximum Gasteiger partial charge on any atom is 0.146 e. The molecule has 0 fully saturated rings. The van der Waals surface area contributed by atoms with Crippen LogP contribution in [0.4, 0.5) is 0 Å². The van der Waals surface area contributed by atoms with Gasteiger partial charge in [0, 0.05) is 24.0 Å². The Morgan fingerprint density at radius 3 is 2.58 bits per heavy atom. The molecule has 0 aliphatic rings. The molecule has 0 aliphatic heterocycles. The van der Waals surface area contributed by atoms with Gasteiger partial charge in [0.15, 0.2) is 0 Å². The number of hydrogen-bond acceptors (Lipinski definition) is 3. The Labute approximate surface area is 150 Å². The number of aromatic nitrogens is 2. The van der Waals surface area contributed by atoms with Crippen LogP contribution in [0.15, 0.2) is 61.2 Å². The molecule has 1 unspecified atom stereocenters. The van der Waals surface area contributed by atoms with Gasteiger partial charge in [0.05, 0.1) is 17.5 Å². The zero-order valence-corrected chi connectivity index (χ0v) is 14.3. The predicted molar refractivity (Wildman–Crippen MR) is 94.8 cm³/mol. The summed E-state index contributed by atoms with van der Waals surface area (Å²) in [5.41, 5.74) is 0.838. The Balaban J connectivity index is 1.62. The highest BCUT2D eigenvalue weighted by atomic mass is 35.5. The van der Waals surface area contributed by atoms with E-state index >= 15 is 0 Å². The number of imidazole rings is 1. The molecule has 0 amide bonds. The van der Waals surface area contributed by atoms with Crippen LogP contribution in [0.1, 0.15) is 18.1 Å². The first-order valence-electron chi connectivity index (χ1n) is 7.48. The van der Waals surface area contributed by atoms with E-state index in [1.807, 2.05) is 22.9 Å². The highest BCUT2D eigenvalue weighted by Crippen LogP contribution is 2.32. The van der Waals surface area contributed by atoms with Crippen LogP contribution in [0, 0.1) is 0 Å². The number of benzene rings is 2. The number of aliphatic hydroxyl groups excluding tert-OH is 1. The summed E-state index contributed by atoms with van der Waals surface area (Å²) in [6.45, 7) is 0.708. The van der Waals surface area contributed by atoms with Gasteiger partial charge in [0.25, 0.3) is 0 Å². The molecular formula is C18H16Cl2N2O2. The van der Waals surface area contributed by atoms with Gasteiger partial charge in [-0.3, -0.25) is 0 Å². The molecule has 0 aliphatic carbocycles. The number of ether oxygens (including phenoxy) is 1. The molecule has 1 N–H and O–H groups in total. The Bertz CT molecular complexity index is 789. The highest BCUT2D eigenvalue weighted by Gasteiger charge is 2.09. The molecule has 0 bridgehead atoms. The third kappa shape index (κ3) is 4.29. The maximum absolute atomic E-state index is 10.3. The number of halogens is 2. The van der Waals surface area contributed by atoms with E-state index in [-0.39, 0.29) is 0 Å². The molecule has 124 valence electrons. The van der Waals surface area contributed by atoms with E-state index in [1.165, 1.54) is 0 Å². The Morgan fingerprint density at radius 1 is 1.12 bits per heavy atom. The van der Waals surface area contributed by atoms with E-state index < -0.39 is 6.10 Å². The third-order valence-corrected chi connectivity index (χ3v) is 4.14. The smallest absolute Gasteiger partial charge is 0.146 e. The van der Waals surface area contributed by atoms with Gasteiger partial charge in [-0.05, 0) is 42.3 Å². The van der Waals surface area contributed by atoms with Gasteiger partial charge in [0.1, 0.15) is 11.5 Å². The average molecular weight is 363 g/mol. The van der Waals surface area contributed by atoms with Crippen molar-refractivity contribution in [2.45, 2.75) is 19.1 Å². The van der Waals surface area contributed by atoms with Crippen molar-refractivity contribution < 1.29 is 9.84 Å². The van der Waals surface area contributed by atoms with Crippen LogP contribution in [0.5, 0.6) is 11.5 Å². The SMILES string of the molecule is OC(CCn1ccnc1)c1ccc(Oc2ccc(Cl)cc2Cl)cc1. The van der Waals surface area contributed by atoms with Crippen LogP contribution >= 0.6 is 23.2 Å². The Morgan fingerprint density at radius 2 is 1.92 bits per heavy atom. The number of hydrogen-bond donors (Lipinski definition) is 1. The topological polar surface area (TPSA) is 47.3 Å². The van der Waals surface area contributed by atoms with Gasteiger partial charge in [-0.1, -0.05) is 35.3 Å². The quantitative estimate of drug-likeness (QED) is 0.662. The fourth-order valence-electron chi connectivity index (χ4n) is 2.30. The number of aryl methyl sites for hydroxylation is 1. The lowest BCUT2D eigenvalue weighted by Gasteiger charge is -2.13. The summed E-state index contributed by atoms with van der Waals surface area (Å²) in [6.07, 6.45) is 5.40. The van der Waals surface area contributed by atoms with E-state index in [0.29, 0.717) is 34.5 Å². The van der Waals surface area contributed by atoms with Crippen molar-refractivity contribution in [2.75, 3.05) is 0 Å². The molecule has 1 aromatic heterocycles. The van der Waals surface area contributed by atoms with Gasteiger partial charge in [-0.15, -0.1) is 0 Å². The molecule has 6 heteroatoms. The maximum atomic E-state index is 10.3. The molecular weight excluding hydrogens is 347 g/mol. The zero-order valence-electron chi connectivity index (χ0n) is 12.8. The van der Waals surface area contributed by atoms with Gasteiger partial charge in [-0.2, -0.15) is 0 Å². The molecule has 3 aromatic rings. The van der Waals surface area contributed by atoms with Gasteiger partial charge in [-0.25, -0.2) is 4.98 Å². The van der Waals surface area contributed by atoms with Crippen molar-refractivity contribution in [1.82, 2.24) is 9.55 Å². The predicted octanol–water partition coefficient (Wildman–Crippen LogP) is 5.11. The average Bonchev–Trinajstić information content (AvgIpc) is 3.09. The summed E-state index contributed by atoms with van der Waals surface area (Å²) in [4.78, 5) is 3.98. The lowest BCUT2D eigenvalue weighted by molar-refractivity contribution is 0.161. The van der Waals surface area contributed by atoms with Crippen molar-refractivity contribution in [2.24, 2.45) is 0 Å². The first kappa shape index (κ1) is 16.8. The molecule has 1 atom stereocenters. The molecule has 2 aromatic carbocycles. The first-order valence-corrected chi connectivity index (χ1v) is 8.24. The normalized spacial score (nSPS) is 12.1. The minimum Gasteiger partial charge on any atom is -0.456 e. The van der Waals surface area contributed by atoms with Crippen LogP contribution < -0.4 is 4.74 Å². The van der Waals surface area contributed by atoms with E-state index in [2.05, 4.69) is 4.98 Å². The molecule has 3 rings (SSSR count). The number of nitrogens with zero attached hydrogens (tertiary/aromatic N) is 2. The fraction of sp³-hybridized carbons (Fsp3) is 0.167. The largest absolute Gasteiger partial charge is 0.456 e. The summed E-state index contributed by atoms with van der Waals surface area (Å²) in [6, 6.07) is 12.4. The van der Waals surface area contributed by atoms with Crippen molar-refractivity contribution in [3.63, 3.8) is 0 Å². The molecule has 0 saturated carbocycles. The monoisotopic (exact) mass is 362 g/mol. The van der Waals surface area contributed by atoms with Gasteiger partial charge in [0.2, 0.25) is 0 Å². The third-order valence-electron chi connectivity index (χ3n) is 3.61. The van der Waals surface area contributed by atoms with E-state index in [0.717, 1.165) is 5.56 Å². The Hall–Kier alpha value is -2.01.